The van der Waals surface area contributed by atoms with E-state index < -0.39 is 0 Å². The van der Waals surface area contributed by atoms with Crippen LogP contribution in [0.3, 0.4) is 0 Å². The second-order valence-corrected chi connectivity index (χ2v) is 7.91. The van der Waals surface area contributed by atoms with Crippen molar-refractivity contribution < 1.29 is 9.59 Å². The molecule has 1 aliphatic rings. The van der Waals surface area contributed by atoms with E-state index >= 15 is 0 Å². The molecule has 29 heavy (non-hydrogen) atoms. The number of nitrogens with zero attached hydrogens (tertiary/aromatic N) is 3. The van der Waals surface area contributed by atoms with Crippen LogP contribution in [0.15, 0.2) is 48.7 Å². The molecule has 1 aromatic carbocycles. The monoisotopic (exact) mass is 394 g/mol. The minimum Gasteiger partial charge on any atom is -0.378 e. The number of nitrogens with one attached hydrogen (secondary N) is 1. The van der Waals surface area contributed by atoms with Gasteiger partial charge in [-0.3, -0.25) is 14.6 Å². The molecule has 6 heteroatoms. The Morgan fingerprint density at radius 3 is 2.59 bits per heavy atom. The van der Waals surface area contributed by atoms with Crippen molar-refractivity contribution in [2.75, 3.05) is 32.1 Å². The highest BCUT2D eigenvalue weighted by Gasteiger charge is 2.31. The van der Waals surface area contributed by atoms with E-state index in [2.05, 4.69) is 10.3 Å². The van der Waals surface area contributed by atoms with Crippen LogP contribution in [0.1, 0.15) is 37.1 Å². The van der Waals surface area contributed by atoms with Gasteiger partial charge in [0, 0.05) is 51.9 Å². The van der Waals surface area contributed by atoms with Gasteiger partial charge in [0.1, 0.15) is 0 Å². The fraction of sp³-hybridized carbons (Fsp3) is 0.435. The zero-order valence-electron chi connectivity index (χ0n) is 17.5. The van der Waals surface area contributed by atoms with Crippen LogP contribution < -0.4 is 10.2 Å². The largest absolute Gasteiger partial charge is 0.378 e. The lowest BCUT2D eigenvalue weighted by Gasteiger charge is -2.37. The third-order valence-electron chi connectivity index (χ3n) is 5.46. The lowest BCUT2D eigenvalue weighted by molar-refractivity contribution is -0.132. The number of piperidine rings is 1. The van der Waals surface area contributed by atoms with E-state index in [9.17, 15) is 9.59 Å². The minimum atomic E-state index is -0.177. The average molecular weight is 395 g/mol. The summed E-state index contributed by atoms with van der Waals surface area (Å²) in [5, 5.41) is 3.05. The molecule has 1 aromatic heterocycles. The van der Waals surface area contributed by atoms with Crippen molar-refractivity contribution >= 4 is 17.5 Å². The van der Waals surface area contributed by atoms with Gasteiger partial charge in [-0.15, -0.1) is 0 Å². The topological polar surface area (TPSA) is 65.5 Å². The molecule has 0 saturated carbocycles. The molecule has 1 N–H and O–H groups in total. The molecule has 3 rings (SSSR count). The molecule has 2 aromatic rings. The maximum absolute atomic E-state index is 12.9. The lowest BCUT2D eigenvalue weighted by atomic mass is 9.88. The molecule has 0 radical (unpaired) electrons. The highest BCUT2D eigenvalue weighted by Crippen LogP contribution is 2.29. The Bertz CT molecular complexity index is 821. The van der Waals surface area contributed by atoms with Crippen molar-refractivity contribution in [3.8, 4) is 0 Å². The van der Waals surface area contributed by atoms with Gasteiger partial charge in [0.05, 0.1) is 18.2 Å². The summed E-state index contributed by atoms with van der Waals surface area (Å²) in [5.41, 5.74) is 2.99. The van der Waals surface area contributed by atoms with Crippen molar-refractivity contribution in [2.45, 2.75) is 32.2 Å². The number of carbonyl (C=O) groups is 2. The summed E-state index contributed by atoms with van der Waals surface area (Å²) in [6, 6.07) is 13.7. The molecule has 2 amide bonds. The van der Waals surface area contributed by atoms with Crippen LogP contribution in [0.2, 0.25) is 0 Å². The van der Waals surface area contributed by atoms with Crippen LogP contribution in [0, 0.1) is 5.92 Å². The fourth-order valence-electron chi connectivity index (χ4n) is 3.92. The van der Waals surface area contributed by atoms with Gasteiger partial charge in [0.2, 0.25) is 11.8 Å². The number of anilines is 1. The molecule has 0 aliphatic carbocycles. The number of amides is 2. The van der Waals surface area contributed by atoms with Gasteiger partial charge < -0.3 is 15.1 Å². The third kappa shape index (κ3) is 5.56. The quantitative estimate of drug-likeness (QED) is 0.818. The van der Waals surface area contributed by atoms with E-state index in [1.807, 2.05) is 66.4 Å². The Morgan fingerprint density at radius 1 is 1.21 bits per heavy atom. The first-order chi connectivity index (χ1) is 13.9. The zero-order chi connectivity index (χ0) is 20.8. The maximum atomic E-state index is 12.9. The van der Waals surface area contributed by atoms with Crippen molar-refractivity contribution in [2.24, 2.45) is 5.92 Å². The zero-order valence-corrected chi connectivity index (χ0v) is 17.5. The van der Waals surface area contributed by atoms with E-state index in [0.717, 1.165) is 36.3 Å². The van der Waals surface area contributed by atoms with Gasteiger partial charge in [-0.1, -0.05) is 18.2 Å². The van der Waals surface area contributed by atoms with Crippen LogP contribution >= 0.6 is 0 Å². The molecular weight excluding hydrogens is 364 g/mol. The van der Waals surface area contributed by atoms with Gasteiger partial charge in [-0.2, -0.15) is 0 Å². The summed E-state index contributed by atoms with van der Waals surface area (Å²) in [4.78, 5) is 33.1. The second-order valence-electron chi connectivity index (χ2n) is 7.91. The van der Waals surface area contributed by atoms with Crippen LogP contribution in [0.25, 0.3) is 0 Å². The second kappa shape index (κ2) is 9.54. The molecule has 0 spiro atoms. The van der Waals surface area contributed by atoms with Crippen LogP contribution in [-0.4, -0.2) is 48.9 Å². The van der Waals surface area contributed by atoms with E-state index in [1.54, 1.807) is 6.20 Å². The molecular formula is C23H30N4O2. The number of likely N-dealkylation sites (tertiary alicyclic amines) is 1. The Balaban J connectivity index is 1.68. The molecule has 1 saturated heterocycles. The number of rotatable bonds is 6. The van der Waals surface area contributed by atoms with E-state index in [0.29, 0.717) is 13.0 Å². The first-order valence-corrected chi connectivity index (χ1v) is 10.2. The predicted octanol–water partition coefficient (Wildman–Crippen LogP) is 2.81. The Hall–Kier alpha value is -2.89. The SMILES string of the molecule is CC(=O)N[C@@H](c1ccccn1)[C@H]1CCCN(C(=O)Cc2ccc(N(C)C)cc2)C1. The van der Waals surface area contributed by atoms with E-state index in [1.165, 1.54) is 6.92 Å². The summed E-state index contributed by atoms with van der Waals surface area (Å²) < 4.78 is 0. The smallest absolute Gasteiger partial charge is 0.226 e. The fourth-order valence-corrected chi connectivity index (χ4v) is 3.92. The van der Waals surface area contributed by atoms with Gasteiger partial charge in [-0.25, -0.2) is 0 Å². The van der Waals surface area contributed by atoms with Crippen molar-refractivity contribution in [3.05, 3.63) is 59.9 Å². The van der Waals surface area contributed by atoms with Crippen molar-refractivity contribution in [3.63, 3.8) is 0 Å². The number of carbonyl (C=O) groups excluding carboxylic acids is 2. The normalized spacial score (nSPS) is 17.5. The standard InChI is InChI=1S/C23H30N4O2/c1-17(28)25-23(21-8-4-5-13-24-21)19-7-6-14-27(16-19)22(29)15-18-9-11-20(12-10-18)26(2)3/h4-5,8-13,19,23H,6-7,14-16H2,1-3H3,(H,25,28)/t19-,23+/m0/s1. The number of pyridine rings is 1. The number of hydrogen-bond donors (Lipinski definition) is 1. The number of hydrogen-bond acceptors (Lipinski definition) is 4. The van der Waals surface area contributed by atoms with Gasteiger partial charge in [0.15, 0.2) is 0 Å². The van der Waals surface area contributed by atoms with E-state index in [4.69, 9.17) is 0 Å². The summed E-state index contributed by atoms with van der Waals surface area (Å²) >= 11 is 0. The maximum Gasteiger partial charge on any atom is 0.226 e. The van der Waals surface area contributed by atoms with Gasteiger partial charge in [0.25, 0.3) is 0 Å². The van der Waals surface area contributed by atoms with Gasteiger partial charge >= 0.3 is 0 Å². The summed E-state index contributed by atoms with van der Waals surface area (Å²) in [6.45, 7) is 2.93. The minimum absolute atomic E-state index is 0.0786. The summed E-state index contributed by atoms with van der Waals surface area (Å²) in [7, 11) is 4.00. The summed E-state index contributed by atoms with van der Waals surface area (Å²) in [5.74, 6) is 0.211. The predicted molar refractivity (Wildman–Crippen MR) is 115 cm³/mol. The molecule has 0 unspecified atom stereocenters. The number of benzene rings is 1. The van der Waals surface area contributed by atoms with Crippen LogP contribution in [0.5, 0.6) is 0 Å². The lowest BCUT2D eigenvalue weighted by Crippen LogP contribution is -2.45. The molecule has 154 valence electrons. The molecule has 0 bridgehead atoms. The Labute approximate surface area is 172 Å². The first-order valence-electron chi connectivity index (χ1n) is 10.2. The molecule has 1 fully saturated rings. The summed E-state index contributed by atoms with van der Waals surface area (Å²) in [6.07, 6.45) is 4.03. The molecule has 2 heterocycles. The third-order valence-corrected chi connectivity index (χ3v) is 5.46. The first kappa shape index (κ1) is 20.8. The van der Waals surface area contributed by atoms with E-state index in [-0.39, 0.29) is 23.8 Å². The molecule has 1 aliphatic heterocycles. The highest BCUT2D eigenvalue weighted by atomic mass is 16.2. The average Bonchev–Trinajstić information content (AvgIpc) is 2.73. The highest BCUT2D eigenvalue weighted by molar-refractivity contribution is 5.79. The molecule has 2 atom stereocenters. The Kier molecular flexibility index (Phi) is 6.86. The van der Waals surface area contributed by atoms with Gasteiger partial charge in [-0.05, 0) is 42.7 Å². The number of aromatic nitrogens is 1. The van der Waals surface area contributed by atoms with Crippen LogP contribution in [0.4, 0.5) is 5.69 Å². The molecule has 6 nitrogen and oxygen atoms in total. The van der Waals surface area contributed by atoms with Crippen molar-refractivity contribution in [1.82, 2.24) is 15.2 Å². The van der Waals surface area contributed by atoms with Crippen LogP contribution in [-0.2, 0) is 16.0 Å². The van der Waals surface area contributed by atoms with Crippen molar-refractivity contribution in [1.29, 1.82) is 0 Å². The Morgan fingerprint density at radius 2 is 1.97 bits per heavy atom.